The molecule has 1 N–H and O–H groups in total. The van der Waals surface area contributed by atoms with Crippen molar-refractivity contribution in [1.82, 2.24) is 15.4 Å². The van der Waals surface area contributed by atoms with Crippen LogP contribution in [0.15, 0.2) is 58.4 Å². The zero-order valence-electron chi connectivity index (χ0n) is 16.0. The van der Waals surface area contributed by atoms with Crippen molar-refractivity contribution in [3.05, 3.63) is 64.5 Å². The highest BCUT2D eigenvalue weighted by molar-refractivity contribution is 7.10. The van der Waals surface area contributed by atoms with Crippen molar-refractivity contribution in [3.8, 4) is 11.3 Å². The third-order valence-corrected chi connectivity index (χ3v) is 6.36. The molecule has 1 saturated heterocycles. The molecule has 1 aliphatic heterocycles. The first-order chi connectivity index (χ1) is 13.7. The largest absolute Gasteiger partial charge is 0.355 e. The molecular weight excluding hydrogens is 370 g/mol. The molecule has 4 rings (SSSR count). The first-order valence-corrected chi connectivity index (χ1v) is 10.7. The molecule has 146 valence electrons. The van der Waals surface area contributed by atoms with Gasteiger partial charge in [-0.25, -0.2) is 0 Å². The second kappa shape index (κ2) is 8.71. The average molecular weight is 396 g/mol. The summed E-state index contributed by atoms with van der Waals surface area (Å²) in [4.78, 5) is 16.4. The van der Waals surface area contributed by atoms with Gasteiger partial charge in [0.25, 0.3) is 5.91 Å². The molecule has 0 radical (unpaired) electrons. The van der Waals surface area contributed by atoms with Crippen molar-refractivity contribution in [2.45, 2.75) is 25.8 Å². The molecular formula is C22H25N3O2S. The number of hydrogen-bond acceptors (Lipinski definition) is 5. The molecule has 3 heterocycles. The number of piperidine rings is 1. The molecule has 0 unspecified atom stereocenters. The molecule has 1 aliphatic rings. The van der Waals surface area contributed by atoms with E-state index in [2.05, 4.69) is 39.8 Å². The fraction of sp³-hybridized carbons (Fsp3) is 0.364. The van der Waals surface area contributed by atoms with Gasteiger partial charge in [-0.05, 0) is 43.3 Å². The number of carbonyl (C=O) groups is 1. The van der Waals surface area contributed by atoms with Crippen molar-refractivity contribution < 1.29 is 9.32 Å². The van der Waals surface area contributed by atoms with Crippen LogP contribution in [-0.2, 0) is 0 Å². The normalized spacial score (nSPS) is 16.8. The number of rotatable bonds is 6. The van der Waals surface area contributed by atoms with E-state index in [4.69, 9.17) is 4.52 Å². The number of hydrogen-bond donors (Lipinski definition) is 1. The van der Waals surface area contributed by atoms with Gasteiger partial charge < -0.3 is 9.84 Å². The highest BCUT2D eigenvalue weighted by Gasteiger charge is 2.26. The van der Waals surface area contributed by atoms with Gasteiger partial charge in [-0.2, -0.15) is 0 Å². The highest BCUT2D eigenvalue weighted by atomic mass is 32.1. The monoisotopic (exact) mass is 395 g/mol. The van der Waals surface area contributed by atoms with E-state index in [1.165, 1.54) is 17.7 Å². The maximum absolute atomic E-state index is 12.6. The molecule has 1 fully saturated rings. The standard InChI is InChI=1S/C22H25N3O2S/c1-16-9-11-25(12-10-16)19(21-8-5-13-28-21)15-23-22(26)18-14-20(27-24-18)17-6-3-2-4-7-17/h2-8,13-14,16,19H,9-12,15H2,1H3,(H,23,26)/t19-/m1/s1. The summed E-state index contributed by atoms with van der Waals surface area (Å²) in [6.45, 7) is 5.03. The minimum Gasteiger partial charge on any atom is -0.355 e. The smallest absolute Gasteiger partial charge is 0.273 e. The van der Waals surface area contributed by atoms with Crippen molar-refractivity contribution in [2.75, 3.05) is 19.6 Å². The zero-order chi connectivity index (χ0) is 19.3. The minimum atomic E-state index is -0.196. The molecule has 0 saturated carbocycles. The second-order valence-corrected chi connectivity index (χ2v) is 8.38. The Morgan fingerprint density at radius 1 is 1.25 bits per heavy atom. The Morgan fingerprint density at radius 2 is 2.04 bits per heavy atom. The van der Waals surface area contributed by atoms with E-state index in [0.29, 0.717) is 18.0 Å². The summed E-state index contributed by atoms with van der Waals surface area (Å²) in [5.41, 5.74) is 1.23. The number of amides is 1. The Hall–Kier alpha value is -2.44. The Morgan fingerprint density at radius 3 is 2.75 bits per heavy atom. The summed E-state index contributed by atoms with van der Waals surface area (Å²) in [7, 11) is 0. The Kier molecular flexibility index (Phi) is 5.88. The molecule has 0 aliphatic carbocycles. The second-order valence-electron chi connectivity index (χ2n) is 7.40. The Bertz CT molecular complexity index is 884. The van der Waals surface area contributed by atoms with E-state index < -0.39 is 0 Å². The number of carbonyl (C=O) groups excluding carboxylic acids is 1. The summed E-state index contributed by atoms with van der Waals surface area (Å²) in [6, 6.07) is 15.8. The maximum Gasteiger partial charge on any atom is 0.273 e. The van der Waals surface area contributed by atoms with E-state index in [-0.39, 0.29) is 11.9 Å². The topological polar surface area (TPSA) is 58.4 Å². The van der Waals surface area contributed by atoms with Crippen molar-refractivity contribution >= 4 is 17.2 Å². The fourth-order valence-electron chi connectivity index (χ4n) is 3.63. The van der Waals surface area contributed by atoms with Crippen LogP contribution in [0.3, 0.4) is 0 Å². The van der Waals surface area contributed by atoms with Crippen molar-refractivity contribution in [3.63, 3.8) is 0 Å². The van der Waals surface area contributed by atoms with Gasteiger partial charge in [0.1, 0.15) is 0 Å². The summed E-state index contributed by atoms with van der Waals surface area (Å²) in [5.74, 6) is 1.19. The van der Waals surface area contributed by atoms with Crippen LogP contribution in [0.5, 0.6) is 0 Å². The molecule has 0 bridgehead atoms. The molecule has 2 aromatic heterocycles. The first-order valence-electron chi connectivity index (χ1n) is 9.78. The first kappa shape index (κ1) is 18.9. The lowest BCUT2D eigenvalue weighted by Crippen LogP contribution is -2.41. The summed E-state index contributed by atoms with van der Waals surface area (Å²) < 4.78 is 5.36. The van der Waals surface area contributed by atoms with Crippen LogP contribution in [0.4, 0.5) is 0 Å². The minimum absolute atomic E-state index is 0.196. The molecule has 3 aromatic rings. The van der Waals surface area contributed by atoms with Gasteiger partial charge in [-0.1, -0.05) is 48.5 Å². The van der Waals surface area contributed by atoms with E-state index >= 15 is 0 Å². The number of thiophene rings is 1. The van der Waals surface area contributed by atoms with Crippen LogP contribution >= 0.6 is 11.3 Å². The van der Waals surface area contributed by atoms with Crippen molar-refractivity contribution in [2.24, 2.45) is 5.92 Å². The number of nitrogens with one attached hydrogen (secondary N) is 1. The number of benzene rings is 1. The quantitative estimate of drug-likeness (QED) is 0.662. The summed E-state index contributed by atoms with van der Waals surface area (Å²) in [5, 5.41) is 9.12. The highest BCUT2D eigenvalue weighted by Crippen LogP contribution is 2.29. The van der Waals surface area contributed by atoms with Gasteiger partial charge in [0.05, 0.1) is 6.04 Å². The van der Waals surface area contributed by atoms with Gasteiger partial charge in [-0.3, -0.25) is 9.69 Å². The lowest BCUT2D eigenvalue weighted by molar-refractivity contribution is 0.0906. The molecule has 0 spiro atoms. The number of likely N-dealkylation sites (tertiary alicyclic amines) is 1. The lowest BCUT2D eigenvalue weighted by atomic mass is 9.97. The van der Waals surface area contributed by atoms with Crippen molar-refractivity contribution in [1.29, 1.82) is 0 Å². The summed E-state index contributed by atoms with van der Waals surface area (Å²) >= 11 is 1.75. The van der Waals surface area contributed by atoms with Gasteiger partial charge in [0, 0.05) is 23.1 Å². The third kappa shape index (κ3) is 4.34. The molecule has 1 amide bonds. The predicted octanol–water partition coefficient (Wildman–Crippen LogP) is 4.61. The number of aromatic nitrogens is 1. The Labute approximate surface area is 169 Å². The van der Waals surface area contributed by atoms with Crippen LogP contribution in [-0.4, -0.2) is 35.6 Å². The fourth-order valence-corrected chi connectivity index (χ4v) is 4.49. The summed E-state index contributed by atoms with van der Waals surface area (Å²) in [6.07, 6.45) is 2.42. The molecule has 6 heteroatoms. The SMILES string of the molecule is CC1CCN([C@H](CNC(=O)c2cc(-c3ccccc3)on2)c2cccs2)CC1. The average Bonchev–Trinajstić information content (AvgIpc) is 3.42. The van der Waals surface area contributed by atoms with Gasteiger partial charge in [0.2, 0.25) is 0 Å². The van der Waals surface area contributed by atoms with Gasteiger partial charge in [-0.15, -0.1) is 11.3 Å². The third-order valence-electron chi connectivity index (χ3n) is 5.39. The molecule has 5 nitrogen and oxygen atoms in total. The van der Waals surface area contributed by atoms with Crippen LogP contribution in [0.2, 0.25) is 0 Å². The van der Waals surface area contributed by atoms with Gasteiger partial charge in [0.15, 0.2) is 11.5 Å². The maximum atomic E-state index is 12.6. The van der Waals surface area contributed by atoms with E-state index in [9.17, 15) is 4.79 Å². The molecule has 1 atom stereocenters. The number of nitrogens with zero attached hydrogens (tertiary/aromatic N) is 2. The Balaban J connectivity index is 1.42. The molecule has 1 aromatic carbocycles. The predicted molar refractivity (Wildman–Crippen MR) is 111 cm³/mol. The van der Waals surface area contributed by atoms with E-state index in [1.807, 2.05) is 30.3 Å². The van der Waals surface area contributed by atoms with Gasteiger partial charge >= 0.3 is 0 Å². The van der Waals surface area contributed by atoms with Crippen LogP contribution in [0.1, 0.15) is 41.2 Å². The van der Waals surface area contributed by atoms with E-state index in [0.717, 1.165) is 24.6 Å². The van der Waals surface area contributed by atoms with Crippen LogP contribution in [0, 0.1) is 5.92 Å². The van der Waals surface area contributed by atoms with Crippen LogP contribution < -0.4 is 5.32 Å². The van der Waals surface area contributed by atoms with E-state index in [1.54, 1.807) is 17.4 Å². The van der Waals surface area contributed by atoms with Crippen LogP contribution in [0.25, 0.3) is 11.3 Å². The lowest BCUT2D eigenvalue weighted by Gasteiger charge is -2.36. The zero-order valence-corrected chi connectivity index (χ0v) is 16.8. The molecule has 28 heavy (non-hydrogen) atoms.